The predicted molar refractivity (Wildman–Crippen MR) is 204 cm³/mol. The normalized spacial score (nSPS) is 30.0. The van der Waals surface area contributed by atoms with Crippen molar-refractivity contribution in [2.75, 3.05) is 20.6 Å². The second-order valence-corrected chi connectivity index (χ2v) is 18.9. The first-order chi connectivity index (χ1) is 25.9. The third kappa shape index (κ3) is 7.99. The highest BCUT2D eigenvalue weighted by Crippen LogP contribution is 2.57. The zero-order valence-electron chi connectivity index (χ0n) is 32.6. The Balaban J connectivity index is 1.38. The number of amides is 3. The van der Waals surface area contributed by atoms with Crippen molar-refractivity contribution in [1.82, 2.24) is 24.3 Å². The summed E-state index contributed by atoms with van der Waals surface area (Å²) in [6.07, 6.45) is 5.66. The summed E-state index contributed by atoms with van der Waals surface area (Å²) in [5.74, 6) is -4.38. The number of fused-ring (bicyclic) bond motifs is 3. The van der Waals surface area contributed by atoms with Crippen LogP contribution in [0.3, 0.4) is 0 Å². The quantitative estimate of drug-likeness (QED) is 0.293. The van der Waals surface area contributed by atoms with Gasteiger partial charge in [-0.1, -0.05) is 38.1 Å². The maximum Gasteiger partial charge on any atom is 0.289 e. The van der Waals surface area contributed by atoms with Gasteiger partial charge in [0.15, 0.2) is 5.78 Å². The maximum absolute atomic E-state index is 14.8. The molecule has 15 heteroatoms. The molecule has 4 aliphatic rings. The molecule has 3 amide bonds. The highest BCUT2D eigenvalue weighted by atomic mass is 32.2. The fraction of sp³-hybridized carbons (Fsp3) is 0.625. The van der Waals surface area contributed by atoms with E-state index in [4.69, 9.17) is 4.74 Å². The van der Waals surface area contributed by atoms with E-state index in [9.17, 15) is 37.2 Å². The fourth-order valence-electron chi connectivity index (χ4n) is 8.28. The van der Waals surface area contributed by atoms with Crippen molar-refractivity contribution in [1.29, 1.82) is 0 Å². The van der Waals surface area contributed by atoms with Crippen molar-refractivity contribution in [2.24, 2.45) is 29.1 Å². The molecule has 1 aromatic heterocycles. The number of carbonyl (C=O) groups excluding carboxylic acids is 5. The molecule has 298 valence electrons. The van der Waals surface area contributed by atoms with Crippen molar-refractivity contribution in [3.63, 3.8) is 0 Å². The smallest absolute Gasteiger partial charge is 0.289 e. The Hall–Kier alpha value is -4.40. The number of carbonyl (C=O) groups is 5. The zero-order chi connectivity index (χ0) is 40.0. The zero-order valence-corrected chi connectivity index (χ0v) is 33.4. The molecule has 2 aliphatic carbocycles. The van der Waals surface area contributed by atoms with Gasteiger partial charge in [0, 0.05) is 45.8 Å². The van der Waals surface area contributed by atoms with E-state index < -0.39 is 67.5 Å². The van der Waals surface area contributed by atoms with E-state index in [1.165, 1.54) is 28.6 Å². The summed E-state index contributed by atoms with van der Waals surface area (Å²) in [7, 11) is -1.04. The van der Waals surface area contributed by atoms with Crippen LogP contribution >= 0.6 is 0 Å². The summed E-state index contributed by atoms with van der Waals surface area (Å²) in [4.78, 5) is 85.1. The van der Waals surface area contributed by atoms with Gasteiger partial charge in [0.1, 0.15) is 6.10 Å². The van der Waals surface area contributed by atoms with E-state index >= 15 is 0 Å². The lowest BCUT2D eigenvalue weighted by molar-refractivity contribution is -0.148. The second-order valence-electron chi connectivity index (χ2n) is 16.7. The molecule has 1 saturated heterocycles. The SMILES string of the molecule is CCn1nc(O[C@@H]2C[C@H]3C(=O)C[C@]4(C(=O)NS(=O)(=O)C5(C)CC5)C[C@H]4/C=C\CC[C@@H](C)C[C@@H](C)[C@H](CC(=O)C(=O)N(C)C)C(=O)N3C2)c2ccccc2c1=O. The van der Waals surface area contributed by atoms with Gasteiger partial charge in [-0.15, -0.1) is 5.10 Å². The number of aryl methyl sites for hydroxylation is 1. The molecule has 0 bridgehead atoms. The molecule has 1 aromatic carbocycles. The molecule has 1 N–H and O–H groups in total. The van der Waals surface area contributed by atoms with Crippen LogP contribution < -0.4 is 15.0 Å². The van der Waals surface area contributed by atoms with Crippen LogP contribution in [0.15, 0.2) is 41.2 Å². The van der Waals surface area contributed by atoms with E-state index in [0.29, 0.717) is 36.5 Å². The molecular weight excluding hydrogens is 727 g/mol. The van der Waals surface area contributed by atoms with Gasteiger partial charge in [-0.25, -0.2) is 13.1 Å². The Morgan fingerprint density at radius 1 is 1.05 bits per heavy atom. The third-order valence-electron chi connectivity index (χ3n) is 12.3. The summed E-state index contributed by atoms with van der Waals surface area (Å²) in [5.41, 5.74) is -1.60. The Bertz CT molecular complexity index is 2090. The van der Waals surface area contributed by atoms with E-state index in [-0.39, 0.29) is 68.0 Å². The first-order valence-corrected chi connectivity index (χ1v) is 20.9. The van der Waals surface area contributed by atoms with Crippen molar-refractivity contribution in [2.45, 2.75) is 109 Å². The molecule has 7 atom stereocenters. The summed E-state index contributed by atoms with van der Waals surface area (Å²) < 4.78 is 35.4. The van der Waals surface area contributed by atoms with Gasteiger partial charge in [0.05, 0.1) is 33.5 Å². The molecule has 3 fully saturated rings. The molecule has 3 heterocycles. The van der Waals surface area contributed by atoms with Gasteiger partial charge in [0.25, 0.3) is 11.5 Å². The average Bonchev–Trinajstić information content (AvgIpc) is 4.02. The molecule has 2 aliphatic heterocycles. The number of Topliss-reactive ketones (excluding diaryl/α,β-unsaturated/α-hetero) is 2. The van der Waals surface area contributed by atoms with Crippen LogP contribution in [0.5, 0.6) is 5.88 Å². The van der Waals surface area contributed by atoms with Crippen molar-refractivity contribution >= 4 is 50.1 Å². The van der Waals surface area contributed by atoms with E-state index in [0.717, 1.165) is 6.42 Å². The Morgan fingerprint density at radius 2 is 1.75 bits per heavy atom. The summed E-state index contributed by atoms with van der Waals surface area (Å²) in [6, 6.07) is 5.81. The van der Waals surface area contributed by atoms with Crippen molar-refractivity contribution in [3.8, 4) is 5.88 Å². The van der Waals surface area contributed by atoms with Gasteiger partial charge in [-0.05, 0) is 82.3 Å². The summed E-state index contributed by atoms with van der Waals surface area (Å²) in [6.45, 7) is 7.55. The highest BCUT2D eigenvalue weighted by molar-refractivity contribution is 7.91. The lowest BCUT2D eigenvalue weighted by atomic mass is 9.81. The van der Waals surface area contributed by atoms with Gasteiger partial charge in [-0.2, -0.15) is 0 Å². The molecule has 0 radical (unpaired) electrons. The number of hydrogen-bond acceptors (Lipinski definition) is 10. The molecule has 6 rings (SSSR count). The van der Waals surface area contributed by atoms with Crippen LogP contribution in [0.2, 0.25) is 0 Å². The lowest BCUT2D eigenvalue weighted by Crippen LogP contribution is -2.48. The van der Waals surface area contributed by atoms with Gasteiger partial charge < -0.3 is 14.5 Å². The maximum atomic E-state index is 14.8. The van der Waals surface area contributed by atoms with E-state index in [1.54, 1.807) is 38.1 Å². The second kappa shape index (κ2) is 15.3. The minimum atomic E-state index is -3.99. The van der Waals surface area contributed by atoms with Crippen molar-refractivity contribution < 1.29 is 37.1 Å². The number of nitrogens with one attached hydrogen (secondary N) is 1. The summed E-state index contributed by atoms with van der Waals surface area (Å²) >= 11 is 0. The average molecular weight is 780 g/mol. The molecular formula is C40H53N5O9S. The standard InChI is InChI=1S/C40H53N5O9S/c1-7-45-36(49)29-15-11-10-14-28(29)34(41-45)54-27-19-31-33(47)22-40(38(51)42-55(52,53)39(4)16-17-39)21-26(40)13-9-8-12-24(2)18-25(3)30(35(48)44(31)23-27)20-32(46)37(50)43(5)6/h9-11,13-15,24-27,30-31H,7-8,12,16-23H2,1-6H3,(H,42,51)/b13-9-/t24-,25-,26-,27-,30+,31+,40-/m1/s1. The lowest BCUT2D eigenvalue weighted by Gasteiger charge is -2.32. The molecule has 0 unspecified atom stereocenters. The number of sulfonamides is 1. The van der Waals surface area contributed by atoms with Crippen LogP contribution in [-0.4, -0.2) is 94.8 Å². The number of likely N-dealkylation sites (N-methyl/N-ethyl adjacent to an activating group) is 1. The fourth-order valence-corrected chi connectivity index (χ4v) is 9.62. The number of hydrogen-bond donors (Lipinski definition) is 1. The number of ketones is 2. The molecule has 14 nitrogen and oxygen atoms in total. The predicted octanol–water partition coefficient (Wildman–Crippen LogP) is 3.40. The van der Waals surface area contributed by atoms with E-state index in [1.807, 2.05) is 19.1 Å². The third-order valence-corrected chi connectivity index (χ3v) is 14.4. The first-order valence-electron chi connectivity index (χ1n) is 19.4. The number of rotatable bonds is 9. The summed E-state index contributed by atoms with van der Waals surface area (Å²) in [5, 5.41) is 5.34. The minimum absolute atomic E-state index is 0.0302. The Morgan fingerprint density at radius 3 is 2.40 bits per heavy atom. The highest BCUT2D eigenvalue weighted by Gasteiger charge is 2.62. The first kappa shape index (κ1) is 40.3. The van der Waals surface area contributed by atoms with Crippen LogP contribution in [0, 0.1) is 29.1 Å². The van der Waals surface area contributed by atoms with Gasteiger partial charge in [0.2, 0.25) is 33.5 Å². The van der Waals surface area contributed by atoms with E-state index in [2.05, 4.69) is 16.7 Å². The van der Waals surface area contributed by atoms with Crippen LogP contribution in [-0.2, 0) is 40.5 Å². The number of allylic oxidation sites excluding steroid dienone is 2. The van der Waals surface area contributed by atoms with Gasteiger partial charge >= 0.3 is 0 Å². The molecule has 2 saturated carbocycles. The minimum Gasteiger partial charge on any atom is -0.471 e. The van der Waals surface area contributed by atoms with Crippen molar-refractivity contribution in [3.05, 3.63) is 46.8 Å². The number of ether oxygens (including phenoxy) is 1. The largest absolute Gasteiger partial charge is 0.471 e. The Kier molecular flexibility index (Phi) is 11.2. The molecule has 55 heavy (non-hydrogen) atoms. The van der Waals surface area contributed by atoms with Crippen LogP contribution in [0.25, 0.3) is 10.8 Å². The monoisotopic (exact) mass is 779 g/mol. The Labute approximate surface area is 322 Å². The van der Waals surface area contributed by atoms with Crippen LogP contribution in [0.4, 0.5) is 0 Å². The topological polar surface area (TPSA) is 182 Å². The van der Waals surface area contributed by atoms with Crippen LogP contribution in [0.1, 0.15) is 85.5 Å². The van der Waals surface area contributed by atoms with Gasteiger partial charge in [-0.3, -0.25) is 33.5 Å². The number of benzene rings is 1. The molecule has 2 aromatic rings. The molecule has 0 spiro atoms. The number of aromatic nitrogens is 2. The number of nitrogens with zero attached hydrogens (tertiary/aromatic N) is 4.